The van der Waals surface area contributed by atoms with Gasteiger partial charge < -0.3 is 10.4 Å². The van der Waals surface area contributed by atoms with Crippen LogP contribution in [-0.4, -0.2) is 75.9 Å². The summed E-state index contributed by atoms with van der Waals surface area (Å²) in [6.45, 7) is 1.12. The number of piperidine rings is 2. The molecule has 1 atom stereocenters. The minimum absolute atomic E-state index is 0.0118. The highest BCUT2D eigenvalue weighted by Crippen LogP contribution is 2.32. The smallest absolute Gasteiger partial charge is 0.264 e. The molecule has 0 aliphatic carbocycles. The molecule has 196 valence electrons. The number of carbonyl (C=O) groups excluding carboxylic acids is 6. The van der Waals surface area contributed by atoms with Crippen LogP contribution in [0, 0.1) is 5.92 Å². The van der Waals surface area contributed by atoms with Crippen molar-refractivity contribution in [2.24, 2.45) is 5.92 Å². The first-order valence-corrected chi connectivity index (χ1v) is 12.4. The van der Waals surface area contributed by atoms with Crippen molar-refractivity contribution in [3.8, 4) is 5.75 Å². The zero-order chi connectivity index (χ0) is 27.0. The first kappa shape index (κ1) is 25.3. The molecule has 2 fully saturated rings. The minimum atomic E-state index is -1.09. The summed E-state index contributed by atoms with van der Waals surface area (Å²) in [5.74, 6) is -2.92. The molecule has 0 radical (unpaired) electrons. The van der Waals surface area contributed by atoms with Gasteiger partial charge in [-0.3, -0.25) is 43.9 Å². The maximum Gasteiger partial charge on any atom is 0.264 e. The molecular formula is C27H26N4O7. The van der Waals surface area contributed by atoms with E-state index in [1.807, 2.05) is 4.90 Å². The number of hydrogen-bond donors (Lipinski definition) is 3. The average Bonchev–Trinajstić information content (AvgIpc) is 3.15. The molecule has 3 heterocycles. The van der Waals surface area contributed by atoms with E-state index in [4.69, 9.17) is 0 Å². The summed E-state index contributed by atoms with van der Waals surface area (Å²) in [5.41, 5.74) is 0.834. The summed E-state index contributed by atoms with van der Waals surface area (Å²) >= 11 is 0. The molecule has 3 aliphatic rings. The second-order valence-corrected chi connectivity index (χ2v) is 9.69. The maximum absolute atomic E-state index is 13.2. The van der Waals surface area contributed by atoms with Crippen molar-refractivity contribution in [2.75, 3.05) is 25.0 Å². The van der Waals surface area contributed by atoms with Crippen LogP contribution in [0.5, 0.6) is 5.75 Å². The molecule has 11 heteroatoms. The molecule has 0 spiro atoms. The van der Waals surface area contributed by atoms with Gasteiger partial charge in [-0.15, -0.1) is 0 Å². The molecule has 1 unspecified atom stereocenters. The number of ketones is 1. The first-order chi connectivity index (χ1) is 18.2. The van der Waals surface area contributed by atoms with Gasteiger partial charge in [0.05, 0.1) is 23.4 Å². The normalized spacial score (nSPS) is 20.3. The van der Waals surface area contributed by atoms with Crippen LogP contribution in [0.3, 0.4) is 0 Å². The Bertz CT molecular complexity index is 1350. The molecule has 38 heavy (non-hydrogen) atoms. The number of aromatic hydroxyl groups is 1. The van der Waals surface area contributed by atoms with Gasteiger partial charge in [0.15, 0.2) is 5.78 Å². The van der Waals surface area contributed by atoms with E-state index in [1.165, 1.54) is 24.3 Å². The predicted octanol–water partition coefficient (Wildman–Crippen LogP) is 1.33. The van der Waals surface area contributed by atoms with Crippen LogP contribution in [0.1, 0.15) is 56.8 Å². The Kier molecular flexibility index (Phi) is 6.77. The average molecular weight is 519 g/mol. The van der Waals surface area contributed by atoms with E-state index in [0.717, 1.165) is 4.90 Å². The molecule has 3 aliphatic heterocycles. The molecule has 5 amide bonds. The van der Waals surface area contributed by atoms with Crippen molar-refractivity contribution in [3.05, 3.63) is 59.2 Å². The molecule has 2 aromatic rings. The largest absolute Gasteiger partial charge is 0.508 e. The Morgan fingerprint density at radius 2 is 1.66 bits per heavy atom. The van der Waals surface area contributed by atoms with Crippen molar-refractivity contribution in [1.82, 2.24) is 15.1 Å². The van der Waals surface area contributed by atoms with Gasteiger partial charge in [0.1, 0.15) is 11.8 Å². The van der Waals surface area contributed by atoms with E-state index in [1.54, 1.807) is 18.2 Å². The Balaban J connectivity index is 1.20. The van der Waals surface area contributed by atoms with E-state index in [2.05, 4.69) is 10.6 Å². The SMILES string of the molecule is O=C1CCC(N2C(=O)c3cccc(NC(=O)CN4CCC(C(=O)c5ccc(O)cc5)CC4)c3C2=O)C(=O)N1. The number of amides is 5. The lowest BCUT2D eigenvalue weighted by Gasteiger charge is -2.30. The number of phenols is 1. The van der Waals surface area contributed by atoms with E-state index in [-0.39, 0.29) is 59.6 Å². The van der Waals surface area contributed by atoms with Crippen molar-refractivity contribution in [1.29, 1.82) is 0 Å². The van der Waals surface area contributed by atoms with E-state index >= 15 is 0 Å². The van der Waals surface area contributed by atoms with Gasteiger partial charge in [-0.05, 0) is 68.8 Å². The first-order valence-electron chi connectivity index (χ1n) is 12.4. The van der Waals surface area contributed by atoms with Crippen molar-refractivity contribution in [2.45, 2.75) is 31.7 Å². The molecule has 2 saturated heterocycles. The number of nitrogens with one attached hydrogen (secondary N) is 2. The summed E-state index contributed by atoms with van der Waals surface area (Å²) in [6.07, 6.45) is 1.23. The van der Waals surface area contributed by atoms with E-state index in [0.29, 0.717) is 31.5 Å². The summed E-state index contributed by atoms with van der Waals surface area (Å²) in [7, 11) is 0. The van der Waals surface area contributed by atoms with Crippen molar-refractivity contribution in [3.63, 3.8) is 0 Å². The quantitative estimate of drug-likeness (QED) is 0.382. The third-order valence-electron chi connectivity index (χ3n) is 7.22. The standard InChI is InChI=1S/C27H26N4O7/c32-17-6-4-15(5-7-17)24(35)16-10-12-30(13-11-16)14-22(34)28-19-3-1-2-18-23(19)27(38)31(26(18)37)20-8-9-21(33)29-25(20)36/h1-7,16,20,32H,8-14H2,(H,28,34)(H,29,33,36). The Morgan fingerprint density at radius 1 is 0.947 bits per heavy atom. The molecule has 0 aromatic heterocycles. The number of imide groups is 2. The van der Waals surface area contributed by atoms with E-state index < -0.39 is 29.7 Å². The number of nitrogens with zero attached hydrogens (tertiary/aromatic N) is 2. The third-order valence-corrected chi connectivity index (χ3v) is 7.22. The number of likely N-dealkylation sites (tertiary alicyclic amines) is 1. The lowest BCUT2D eigenvalue weighted by atomic mass is 9.89. The van der Waals surface area contributed by atoms with Gasteiger partial charge in [-0.1, -0.05) is 6.07 Å². The lowest BCUT2D eigenvalue weighted by Crippen LogP contribution is -2.54. The highest BCUT2D eigenvalue weighted by molar-refractivity contribution is 6.26. The fourth-order valence-corrected chi connectivity index (χ4v) is 5.23. The number of fused-ring (bicyclic) bond motifs is 1. The number of anilines is 1. The van der Waals surface area contributed by atoms with Gasteiger partial charge in [0, 0.05) is 17.9 Å². The number of rotatable bonds is 6. The fraction of sp³-hybridized carbons (Fsp3) is 0.333. The van der Waals surface area contributed by atoms with Crippen molar-refractivity contribution < 1.29 is 33.9 Å². The second-order valence-electron chi connectivity index (χ2n) is 9.69. The van der Waals surface area contributed by atoms with Crippen LogP contribution < -0.4 is 10.6 Å². The predicted molar refractivity (Wildman–Crippen MR) is 133 cm³/mol. The molecule has 2 aromatic carbocycles. The zero-order valence-corrected chi connectivity index (χ0v) is 20.4. The molecule has 0 saturated carbocycles. The molecular weight excluding hydrogens is 492 g/mol. The number of hydrogen-bond acceptors (Lipinski definition) is 8. The van der Waals surface area contributed by atoms with Gasteiger partial charge in [0.2, 0.25) is 17.7 Å². The maximum atomic E-state index is 13.2. The molecule has 3 N–H and O–H groups in total. The number of carbonyl (C=O) groups is 6. The zero-order valence-electron chi connectivity index (χ0n) is 20.4. The fourth-order valence-electron chi connectivity index (χ4n) is 5.23. The Labute approximate surface area is 217 Å². The second kappa shape index (κ2) is 10.2. The van der Waals surface area contributed by atoms with Crippen LogP contribution >= 0.6 is 0 Å². The number of benzene rings is 2. The Morgan fingerprint density at radius 3 is 2.34 bits per heavy atom. The molecule has 11 nitrogen and oxygen atoms in total. The van der Waals surface area contributed by atoms with Gasteiger partial charge in [-0.2, -0.15) is 0 Å². The lowest BCUT2D eigenvalue weighted by molar-refractivity contribution is -0.136. The van der Waals surface area contributed by atoms with Gasteiger partial charge in [0.25, 0.3) is 11.8 Å². The Hall–Kier alpha value is -4.38. The van der Waals surface area contributed by atoms with Gasteiger partial charge >= 0.3 is 0 Å². The van der Waals surface area contributed by atoms with Crippen LogP contribution in [0.15, 0.2) is 42.5 Å². The highest BCUT2D eigenvalue weighted by atomic mass is 16.3. The summed E-state index contributed by atoms with van der Waals surface area (Å²) in [6, 6.07) is 9.62. The van der Waals surface area contributed by atoms with Crippen LogP contribution in [0.2, 0.25) is 0 Å². The summed E-state index contributed by atoms with van der Waals surface area (Å²) in [4.78, 5) is 78.3. The topological polar surface area (TPSA) is 153 Å². The number of phenolic OH excluding ortho intramolecular Hbond substituents is 1. The van der Waals surface area contributed by atoms with Gasteiger partial charge in [-0.25, -0.2) is 0 Å². The third kappa shape index (κ3) is 4.80. The highest BCUT2D eigenvalue weighted by Gasteiger charge is 2.45. The number of Topliss-reactive ketones (excluding diaryl/α,β-unsaturated/α-hetero) is 1. The monoisotopic (exact) mass is 518 g/mol. The van der Waals surface area contributed by atoms with Crippen LogP contribution in [-0.2, 0) is 14.4 Å². The van der Waals surface area contributed by atoms with Crippen LogP contribution in [0.25, 0.3) is 0 Å². The molecule has 5 rings (SSSR count). The van der Waals surface area contributed by atoms with E-state index in [9.17, 15) is 33.9 Å². The molecule has 0 bridgehead atoms. The summed E-state index contributed by atoms with van der Waals surface area (Å²) in [5, 5.41) is 14.3. The minimum Gasteiger partial charge on any atom is -0.508 e. The summed E-state index contributed by atoms with van der Waals surface area (Å²) < 4.78 is 0. The van der Waals surface area contributed by atoms with Crippen molar-refractivity contribution >= 4 is 41.0 Å². The van der Waals surface area contributed by atoms with Crippen LogP contribution in [0.4, 0.5) is 5.69 Å².